The van der Waals surface area contributed by atoms with Crippen molar-refractivity contribution in [1.82, 2.24) is 15.2 Å². The lowest BCUT2D eigenvalue weighted by Crippen LogP contribution is -2.53. The molecule has 3 aromatic rings. The first-order chi connectivity index (χ1) is 16.0. The number of pyridine rings is 1. The van der Waals surface area contributed by atoms with Crippen molar-refractivity contribution < 1.29 is 24.2 Å². The molecular weight excluding hydrogens is 422 g/mol. The molecule has 0 aliphatic carbocycles. The SMILES string of the molecule is O=C(NC(Cc1ccc(O)cc1)C(=O)N1CCC2OCC(=O)C21)c1ccc2ncccc2c1. The number of carbonyl (C=O) groups excluding carboxylic acids is 3. The van der Waals surface area contributed by atoms with Gasteiger partial charge in [-0.2, -0.15) is 0 Å². The van der Waals surface area contributed by atoms with Crippen molar-refractivity contribution in [2.24, 2.45) is 0 Å². The Hall–Kier alpha value is -3.78. The van der Waals surface area contributed by atoms with Crippen LogP contribution in [0.5, 0.6) is 5.75 Å². The van der Waals surface area contributed by atoms with Crippen molar-refractivity contribution in [1.29, 1.82) is 0 Å². The Balaban J connectivity index is 1.41. The maximum absolute atomic E-state index is 13.5. The second-order valence-corrected chi connectivity index (χ2v) is 8.39. The van der Waals surface area contributed by atoms with Crippen molar-refractivity contribution in [2.45, 2.75) is 31.0 Å². The Morgan fingerprint density at radius 1 is 1.18 bits per heavy atom. The van der Waals surface area contributed by atoms with E-state index in [0.717, 1.165) is 16.5 Å². The first-order valence-electron chi connectivity index (χ1n) is 10.9. The second-order valence-electron chi connectivity index (χ2n) is 8.39. The number of aromatic nitrogens is 1. The molecule has 3 heterocycles. The van der Waals surface area contributed by atoms with E-state index in [0.29, 0.717) is 18.5 Å². The first-order valence-corrected chi connectivity index (χ1v) is 10.9. The highest BCUT2D eigenvalue weighted by atomic mass is 16.5. The fraction of sp³-hybridized carbons (Fsp3) is 0.280. The van der Waals surface area contributed by atoms with Crippen LogP contribution >= 0.6 is 0 Å². The number of rotatable bonds is 5. The number of ketones is 1. The topological polar surface area (TPSA) is 109 Å². The van der Waals surface area contributed by atoms with Gasteiger partial charge in [0.25, 0.3) is 5.91 Å². The Bertz CT molecular complexity index is 1230. The highest BCUT2D eigenvalue weighted by Gasteiger charge is 2.48. The highest BCUT2D eigenvalue weighted by molar-refractivity contribution is 6.01. The third-order valence-corrected chi connectivity index (χ3v) is 6.24. The molecule has 2 amide bonds. The number of likely N-dealkylation sites (tertiary alicyclic amines) is 1. The van der Waals surface area contributed by atoms with E-state index in [4.69, 9.17) is 4.74 Å². The van der Waals surface area contributed by atoms with Crippen LogP contribution in [0.3, 0.4) is 0 Å². The molecule has 3 unspecified atom stereocenters. The van der Waals surface area contributed by atoms with Crippen LogP contribution in [-0.2, 0) is 20.7 Å². The number of carbonyl (C=O) groups is 3. The molecule has 0 bridgehead atoms. The number of hydrogen-bond acceptors (Lipinski definition) is 6. The molecule has 2 aliphatic rings. The standard InChI is InChI=1S/C25H23N3O5/c29-18-6-3-15(4-7-18)12-20(25(32)28-11-9-22-23(28)21(30)14-33-22)27-24(31)17-5-8-19-16(13-17)2-1-10-26-19/h1-8,10,13,20,22-23,29H,9,11-12,14H2,(H,27,31). The van der Waals surface area contributed by atoms with Crippen LogP contribution < -0.4 is 5.32 Å². The molecule has 2 N–H and O–H groups in total. The lowest BCUT2D eigenvalue weighted by atomic mass is 10.0. The van der Waals surface area contributed by atoms with Crippen molar-refractivity contribution >= 4 is 28.5 Å². The average Bonchev–Trinajstić information content (AvgIpc) is 3.42. The average molecular weight is 445 g/mol. The number of benzene rings is 2. The van der Waals surface area contributed by atoms with Gasteiger partial charge < -0.3 is 20.1 Å². The minimum absolute atomic E-state index is 0.0131. The van der Waals surface area contributed by atoms with Gasteiger partial charge in [-0.15, -0.1) is 0 Å². The van der Waals surface area contributed by atoms with Crippen LogP contribution in [0.25, 0.3) is 10.9 Å². The Labute approximate surface area is 190 Å². The minimum Gasteiger partial charge on any atom is -0.508 e. The van der Waals surface area contributed by atoms with Crippen molar-refractivity contribution in [3.05, 3.63) is 71.9 Å². The third kappa shape index (κ3) is 4.17. The van der Waals surface area contributed by atoms with Gasteiger partial charge in [-0.25, -0.2) is 0 Å². The van der Waals surface area contributed by atoms with Crippen molar-refractivity contribution in [2.75, 3.05) is 13.2 Å². The molecule has 2 saturated heterocycles. The predicted molar refractivity (Wildman–Crippen MR) is 120 cm³/mol. The Kier molecular flexibility index (Phi) is 5.51. The zero-order valence-electron chi connectivity index (χ0n) is 17.8. The Morgan fingerprint density at radius 3 is 2.82 bits per heavy atom. The zero-order valence-corrected chi connectivity index (χ0v) is 17.8. The fourth-order valence-electron chi connectivity index (χ4n) is 4.57. The number of nitrogens with one attached hydrogen (secondary N) is 1. The van der Waals surface area contributed by atoms with E-state index in [2.05, 4.69) is 10.3 Å². The summed E-state index contributed by atoms with van der Waals surface area (Å²) in [6.07, 6.45) is 2.23. The van der Waals surface area contributed by atoms with Crippen LogP contribution in [0, 0.1) is 0 Å². The monoisotopic (exact) mass is 445 g/mol. The molecule has 8 heteroatoms. The van der Waals surface area contributed by atoms with Crippen LogP contribution in [0.4, 0.5) is 0 Å². The summed E-state index contributed by atoms with van der Waals surface area (Å²) in [5.41, 5.74) is 1.96. The summed E-state index contributed by atoms with van der Waals surface area (Å²) < 4.78 is 5.51. The zero-order chi connectivity index (χ0) is 22.9. The van der Waals surface area contributed by atoms with E-state index >= 15 is 0 Å². The van der Waals surface area contributed by atoms with Gasteiger partial charge in [0.05, 0.1) is 11.6 Å². The summed E-state index contributed by atoms with van der Waals surface area (Å²) in [4.78, 5) is 44.8. The number of Topliss-reactive ketones (excluding diaryl/α,β-unsaturated/α-hetero) is 1. The number of nitrogens with zero attached hydrogens (tertiary/aromatic N) is 2. The predicted octanol–water partition coefficient (Wildman–Crippen LogP) is 1.85. The van der Waals surface area contributed by atoms with Crippen LogP contribution in [0.2, 0.25) is 0 Å². The summed E-state index contributed by atoms with van der Waals surface area (Å²) in [5, 5.41) is 13.3. The fourth-order valence-corrected chi connectivity index (χ4v) is 4.57. The van der Waals surface area contributed by atoms with Gasteiger partial charge in [-0.3, -0.25) is 19.4 Å². The maximum atomic E-state index is 13.5. The van der Waals surface area contributed by atoms with Crippen molar-refractivity contribution in [3.63, 3.8) is 0 Å². The molecule has 3 atom stereocenters. The van der Waals surface area contributed by atoms with Gasteiger partial charge in [0, 0.05) is 30.1 Å². The maximum Gasteiger partial charge on any atom is 0.251 e. The lowest BCUT2D eigenvalue weighted by Gasteiger charge is -2.27. The van der Waals surface area contributed by atoms with Gasteiger partial charge in [0.15, 0.2) is 5.78 Å². The van der Waals surface area contributed by atoms with Gasteiger partial charge in [-0.1, -0.05) is 18.2 Å². The molecule has 33 heavy (non-hydrogen) atoms. The van der Waals surface area contributed by atoms with E-state index in [1.54, 1.807) is 42.6 Å². The second kappa shape index (κ2) is 8.63. The summed E-state index contributed by atoms with van der Waals surface area (Å²) in [7, 11) is 0. The number of ether oxygens (including phenoxy) is 1. The number of aromatic hydroxyl groups is 1. The third-order valence-electron chi connectivity index (χ3n) is 6.24. The van der Waals surface area contributed by atoms with E-state index in [1.807, 2.05) is 6.07 Å². The number of hydrogen-bond donors (Lipinski definition) is 2. The van der Waals surface area contributed by atoms with E-state index in [9.17, 15) is 19.5 Å². The quantitative estimate of drug-likeness (QED) is 0.621. The lowest BCUT2D eigenvalue weighted by molar-refractivity contribution is -0.138. The number of phenols is 1. The first kappa shape index (κ1) is 21.1. The molecule has 168 valence electrons. The van der Waals surface area contributed by atoms with Crippen LogP contribution in [0.15, 0.2) is 60.8 Å². The van der Waals surface area contributed by atoms with E-state index in [-0.39, 0.29) is 42.5 Å². The van der Waals surface area contributed by atoms with Crippen molar-refractivity contribution in [3.8, 4) is 5.75 Å². The normalized spacial score (nSPS) is 20.6. The highest BCUT2D eigenvalue weighted by Crippen LogP contribution is 2.28. The molecule has 0 spiro atoms. The number of amides is 2. The molecule has 2 aliphatic heterocycles. The summed E-state index contributed by atoms with van der Waals surface area (Å²) in [6.45, 7) is 0.419. The summed E-state index contributed by atoms with van der Waals surface area (Å²) in [6, 6.07) is 13.9. The Morgan fingerprint density at radius 2 is 2.00 bits per heavy atom. The van der Waals surface area contributed by atoms with Gasteiger partial charge in [0.2, 0.25) is 5.91 Å². The smallest absolute Gasteiger partial charge is 0.251 e. The van der Waals surface area contributed by atoms with E-state index in [1.165, 1.54) is 17.0 Å². The molecule has 2 aromatic carbocycles. The number of phenolic OH excluding ortho intramolecular Hbond substituents is 1. The molecule has 0 saturated carbocycles. The molecule has 8 nitrogen and oxygen atoms in total. The largest absolute Gasteiger partial charge is 0.508 e. The van der Waals surface area contributed by atoms with Gasteiger partial charge >= 0.3 is 0 Å². The molecule has 5 rings (SSSR count). The van der Waals surface area contributed by atoms with E-state index < -0.39 is 12.1 Å². The summed E-state index contributed by atoms with van der Waals surface area (Å²) in [5.74, 6) is -0.693. The number of fused-ring (bicyclic) bond motifs is 2. The molecular formula is C25H23N3O5. The van der Waals surface area contributed by atoms with Gasteiger partial charge in [0.1, 0.15) is 24.4 Å². The van der Waals surface area contributed by atoms with Crippen LogP contribution in [0.1, 0.15) is 22.3 Å². The molecule has 2 fully saturated rings. The molecule has 1 aromatic heterocycles. The minimum atomic E-state index is -0.876. The summed E-state index contributed by atoms with van der Waals surface area (Å²) >= 11 is 0. The molecule has 0 radical (unpaired) electrons. The van der Waals surface area contributed by atoms with Gasteiger partial charge in [-0.05, 0) is 48.4 Å². The van der Waals surface area contributed by atoms with Crippen LogP contribution in [-0.4, -0.2) is 63.9 Å².